The molecule has 0 spiro atoms. The van der Waals surface area contributed by atoms with Crippen molar-refractivity contribution in [3.8, 4) is 0 Å². The number of carbonyl (C=O) groups excluding carboxylic acids is 1. The van der Waals surface area contributed by atoms with Crippen LogP contribution in [-0.4, -0.2) is 11.6 Å². The number of fused-ring (bicyclic) bond motifs is 1. The van der Waals surface area contributed by atoms with E-state index >= 15 is 0 Å². The fourth-order valence-corrected chi connectivity index (χ4v) is 2.70. The van der Waals surface area contributed by atoms with Crippen molar-refractivity contribution in [1.82, 2.24) is 5.43 Å². The molecule has 0 radical (unpaired) electrons. The summed E-state index contributed by atoms with van der Waals surface area (Å²) in [5.74, 6) is 2.37. The highest BCUT2D eigenvalue weighted by Crippen LogP contribution is 2.40. The number of furan rings is 1. The van der Waals surface area contributed by atoms with Crippen molar-refractivity contribution in [2.75, 3.05) is 0 Å². The number of carbonyl (C=O) groups is 1. The number of nitrogens with zero attached hydrogens (tertiary/aromatic N) is 1. The lowest BCUT2D eigenvalue weighted by atomic mass is 9.74. The maximum atomic E-state index is 11.9. The molecule has 0 aliphatic heterocycles. The van der Waals surface area contributed by atoms with Gasteiger partial charge in [0, 0.05) is 11.6 Å². The van der Waals surface area contributed by atoms with Gasteiger partial charge in [-0.3, -0.25) is 4.79 Å². The number of hydrogen-bond donors (Lipinski definition) is 1. The van der Waals surface area contributed by atoms with Crippen LogP contribution >= 0.6 is 0 Å². The summed E-state index contributed by atoms with van der Waals surface area (Å²) >= 11 is 0. The molecule has 0 bridgehead atoms. The first-order chi connectivity index (χ1) is 8.65. The minimum Gasteiger partial charge on any atom is -0.466 e. The molecule has 0 unspecified atom stereocenters. The quantitative estimate of drug-likeness (QED) is 0.642. The third-order valence-electron chi connectivity index (χ3n) is 3.75. The van der Waals surface area contributed by atoms with Gasteiger partial charge in [-0.05, 0) is 38.7 Å². The fraction of sp³-hybridized carbons (Fsp3) is 0.429. The number of hydrazone groups is 1. The van der Waals surface area contributed by atoms with Gasteiger partial charge in [-0.25, -0.2) is 5.43 Å². The molecule has 2 atom stereocenters. The third-order valence-corrected chi connectivity index (χ3v) is 3.75. The van der Waals surface area contributed by atoms with E-state index in [4.69, 9.17) is 4.42 Å². The highest BCUT2D eigenvalue weighted by atomic mass is 16.3. The average Bonchev–Trinajstić information content (AvgIpc) is 2.82. The molecule has 1 aromatic rings. The van der Waals surface area contributed by atoms with Crippen molar-refractivity contribution in [3.63, 3.8) is 0 Å². The van der Waals surface area contributed by atoms with E-state index in [2.05, 4.69) is 22.7 Å². The van der Waals surface area contributed by atoms with Gasteiger partial charge in [0.1, 0.15) is 11.5 Å². The maximum absolute atomic E-state index is 11.9. The first-order valence-electron chi connectivity index (χ1n) is 6.25. The van der Waals surface area contributed by atoms with Gasteiger partial charge in [0.15, 0.2) is 0 Å². The number of aryl methyl sites for hydroxylation is 2. The van der Waals surface area contributed by atoms with Crippen molar-refractivity contribution < 1.29 is 9.21 Å². The number of nitrogens with one attached hydrogen (secondary N) is 1. The number of rotatable bonds is 2. The zero-order valence-electron chi connectivity index (χ0n) is 10.6. The zero-order chi connectivity index (χ0) is 12.7. The van der Waals surface area contributed by atoms with Gasteiger partial charge in [-0.1, -0.05) is 12.2 Å². The van der Waals surface area contributed by atoms with Crippen molar-refractivity contribution >= 4 is 11.6 Å². The normalized spacial score (nSPS) is 27.1. The second-order valence-corrected chi connectivity index (χ2v) is 5.01. The molecule has 4 nitrogen and oxygen atoms in total. The van der Waals surface area contributed by atoms with Crippen molar-refractivity contribution in [3.05, 3.63) is 35.3 Å². The highest BCUT2D eigenvalue weighted by molar-refractivity contribution is 5.98. The maximum Gasteiger partial charge on any atom is 0.274 e. The van der Waals surface area contributed by atoms with E-state index in [0.717, 1.165) is 24.3 Å². The Hall–Kier alpha value is -1.84. The van der Waals surface area contributed by atoms with Crippen LogP contribution in [0.5, 0.6) is 0 Å². The molecule has 0 saturated heterocycles. The van der Waals surface area contributed by atoms with Gasteiger partial charge in [0.25, 0.3) is 5.91 Å². The Morgan fingerprint density at radius 1 is 1.50 bits per heavy atom. The SMILES string of the molecule is Cc1cc(C(=O)N/N=C2/C[C@H]3C=CC[C@@H]23)c(C)o1. The summed E-state index contributed by atoms with van der Waals surface area (Å²) in [4.78, 5) is 11.9. The topological polar surface area (TPSA) is 54.6 Å². The summed E-state index contributed by atoms with van der Waals surface area (Å²) < 4.78 is 5.33. The van der Waals surface area contributed by atoms with Gasteiger partial charge in [-0.2, -0.15) is 5.10 Å². The minimum absolute atomic E-state index is 0.189. The van der Waals surface area contributed by atoms with E-state index in [1.807, 2.05) is 6.92 Å². The smallest absolute Gasteiger partial charge is 0.274 e. The molecule has 94 valence electrons. The van der Waals surface area contributed by atoms with Gasteiger partial charge in [0.2, 0.25) is 0 Å². The van der Waals surface area contributed by atoms with E-state index in [-0.39, 0.29) is 5.91 Å². The number of hydrogen-bond acceptors (Lipinski definition) is 3. The molecule has 1 aromatic heterocycles. The van der Waals surface area contributed by atoms with E-state index in [0.29, 0.717) is 23.2 Å². The molecule has 1 amide bonds. The third kappa shape index (κ3) is 1.78. The van der Waals surface area contributed by atoms with Crippen LogP contribution in [0.15, 0.2) is 27.7 Å². The van der Waals surface area contributed by atoms with Crippen LogP contribution < -0.4 is 5.43 Å². The first kappa shape index (κ1) is 11.3. The first-order valence-corrected chi connectivity index (χ1v) is 6.25. The van der Waals surface area contributed by atoms with E-state index in [1.54, 1.807) is 13.0 Å². The second-order valence-electron chi connectivity index (χ2n) is 5.01. The summed E-state index contributed by atoms with van der Waals surface area (Å²) in [5.41, 5.74) is 4.30. The average molecular weight is 244 g/mol. The summed E-state index contributed by atoms with van der Waals surface area (Å²) in [6, 6.07) is 1.74. The Balaban J connectivity index is 1.66. The zero-order valence-corrected chi connectivity index (χ0v) is 10.6. The van der Waals surface area contributed by atoms with E-state index < -0.39 is 0 Å². The van der Waals surface area contributed by atoms with Gasteiger partial charge < -0.3 is 4.42 Å². The summed E-state index contributed by atoms with van der Waals surface area (Å²) in [6.45, 7) is 3.62. The summed E-state index contributed by atoms with van der Waals surface area (Å²) in [5, 5.41) is 4.23. The lowest BCUT2D eigenvalue weighted by Gasteiger charge is -2.31. The van der Waals surface area contributed by atoms with Gasteiger partial charge in [0.05, 0.1) is 5.56 Å². The monoisotopic (exact) mass is 244 g/mol. The largest absolute Gasteiger partial charge is 0.466 e. The van der Waals surface area contributed by atoms with Crippen molar-refractivity contribution in [1.29, 1.82) is 0 Å². The summed E-state index contributed by atoms with van der Waals surface area (Å²) in [7, 11) is 0. The van der Waals surface area contributed by atoms with Crippen LogP contribution in [0.4, 0.5) is 0 Å². The Labute approximate surface area is 106 Å². The molecule has 1 fully saturated rings. The highest BCUT2D eigenvalue weighted by Gasteiger charge is 2.38. The molecular weight excluding hydrogens is 228 g/mol. The molecule has 3 rings (SSSR count). The van der Waals surface area contributed by atoms with Crippen LogP contribution in [0, 0.1) is 25.7 Å². The molecule has 0 aromatic carbocycles. The van der Waals surface area contributed by atoms with Crippen LogP contribution in [0.25, 0.3) is 0 Å². The Morgan fingerprint density at radius 2 is 2.33 bits per heavy atom. The fourth-order valence-electron chi connectivity index (χ4n) is 2.70. The van der Waals surface area contributed by atoms with Crippen LogP contribution in [-0.2, 0) is 0 Å². The number of allylic oxidation sites excluding steroid dienone is 2. The Morgan fingerprint density at radius 3 is 3.00 bits per heavy atom. The van der Waals surface area contributed by atoms with Crippen LogP contribution in [0.1, 0.15) is 34.7 Å². The molecule has 4 heteroatoms. The molecule has 2 aliphatic carbocycles. The predicted octanol–water partition coefficient (Wildman–Crippen LogP) is 2.58. The summed E-state index contributed by atoms with van der Waals surface area (Å²) in [6.07, 6.45) is 6.48. The Kier molecular flexibility index (Phi) is 2.58. The van der Waals surface area contributed by atoms with Crippen LogP contribution in [0.3, 0.4) is 0 Å². The van der Waals surface area contributed by atoms with Crippen molar-refractivity contribution in [2.45, 2.75) is 26.7 Å². The number of amides is 1. The molecule has 1 heterocycles. The lowest BCUT2D eigenvalue weighted by Crippen LogP contribution is -2.35. The predicted molar refractivity (Wildman–Crippen MR) is 68.4 cm³/mol. The molecule has 2 aliphatic rings. The second kappa shape index (κ2) is 4.12. The Bertz CT molecular complexity index is 554. The molecule has 1 saturated carbocycles. The molecule has 18 heavy (non-hydrogen) atoms. The minimum atomic E-state index is -0.189. The van der Waals surface area contributed by atoms with Gasteiger partial charge in [-0.15, -0.1) is 0 Å². The van der Waals surface area contributed by atoms with E-state index in [1.165, 1.54) is 0 Å². The molecule has 1 N–H and O–H groups in total. The van der Waals surface area contributed by atoms with E-state index in [9.17, 15) is 4.79 Å². The van der Waals surface area contributed by atoms with Crippen molar-refractivity contribution in [2.24, 2.45) is 16.9 Å². The standard InChI is InChI=1S/C14H16N2O2/c1-8-6-12(9(2)18-8)14(17)16-15-13-7-10-4-3-5-11(10)13/h3-4,6,10-11H,5,7H2,1-2H3,(H,16,17)/b15-13-/t10-,11-/m1/s1. The van der Waals surface area contributed by atoms with Crippen LogP contribution in [0.2, 0.25) is 0 Å². The lowest BCUT2D eigenvalue weighted by molar-refractivity contribution is 0.0952. The van der Waals surface area contributed by atoms with Gasteiger partial charge >= 0.3 is 0 Å². The molecular formula is C14H16N2O2.